The molecule has 1 N–H and O–H groups in total. The van der Waals surface area contributed by atoms with Crippen LogP contribution in [0.4, 0.5) is 5.82 Å². The third-order valence-electron chi connectivity index (χ3n) is 4.07. The molecule has 0 spiro atoms. The number of thiophene rings is 1. The van der Waals surface area contributed by atoms with E-state index in [1.165, 1.54) is 22.3 Å². The lowest BCUT2D eigenvalue weighted by Gasteiger charge is -2.14. The summed E-state index contributed by atoms with van der Waals surface area (Å²) in [6.07, 6.45) is 4.11. The van der Waals surface area contributed by atoms with Crippen molar-refractivity contribution in [2.24, 2.45) is 0 Å². The number of aryl methyl sites for hydroxylation is 1. The molecule has 0 aliphatic rings. The van der Waals surface area contributed by atoms with Gasteiger partial charge in [0, 0.05) is 10.9 Å². The molecule has 3 aromatic heterocycles. The fourth-order valence-electron chi connectivity index (χ4n) is 2.41. The molecule has 0 aliphatic carbocycles. The van der Waals surface area contributed by atoms with Crippen LogP contribution in [0.1, 0.15) is 47.1 Å². The lowest BCUT2D eigenvalue weighted by atomic mass is 10.1. The Bertz CT molecular complexity index is 849. The van der Waals surface area contributed by atoms with E-state index in [4.69, 9.17) is 0 Å². The van der Waals surface area contributed by atoms with Crippen LogP contribution in [0.25, 0.3) is 5.00 Å². The Balaban J connectivity index is 1.96. The number of amides is 1. The molecule has 0 bridgehead atoms. The summed E-state index contributed by atoms with van der Waals surface area (Å²) in [7, 11) is 0. The van der Waals surface area contributed by atoms with E-state index in [1.54, 1.807) is 12.3 Å². The zero-order chi connectivity index (χ0) is 17.3. The fourth-order valence-corrected chi connectivity index (χ4v) is 3.48. The molecule has 3 heterocycles. The molecule has 0 radical (unpaired) electrons. The van der Waals surface area contributed by atoms with Gasteiger partial charge in [-0.05, 0) is 43.2 Å². The van der Waals surface area contributed by atoms with Crippen LogP contribution in [0.5, 0.6) is 0 Å². The van der Waals surface area contributed by atoms with Gasteiger partial charge >= 0.3 is 0 Å². The number of tetrazole rings is 1. The molecule has 9 heteroatoms. The van der Waals surface area contributed by atoms with Crippen LogP contribution >= 0.6 is 11.3 Å². The van der Waals surface area contributed by atoms with Crippen LogP contribution in [0, 0.1) is 13.8 Å². The maximum atomic E-state index is 12.9. The van der Waals surface area contributed by atoms with Crippen LogP contribution in [-0.4, -0.2) is 35.9 Å². The molecule has 8 nitrogen and oxygen atoms in total. The Kier molecular flexibility index (Phi) is 4.43. The predicted molar refractivity (Wildman–Crippen MR) is 91.7 cm³/mol. The number of nitrogens with zero attached hydrogens (tertiary/aromatic N) is 6. The average Bonchev–Trinajstić information content (AvgIpc) is 3.28. The first-order chi connectivity index (χ1) is 11.5. The third kappa shape index (κ3) is 2.82. The van der Waals surface area contributed by atoms with E-state index in [1.807, 2.05) is 18.5 Å². The highest BCUT2D eigenvalue weighted by Crippen LogP contribution is 2.31. The van der Waals surface area contributed by atoms with Crippen molar-refractivity contribution < 1.29 is 4.79 Å². The maximum Gasteiger partial charge on any atom is 0.260 e. The van der Waals surface area contributed by atoms with Crippen molar-refractivity contribution in [2.75, 3.05) is 5.32 Å². The second-order valence-corrected chi connectivity index (χ2v) is 6.79. The molecule has 0 aliphatic heterocycles. The maximum absolute atomic E-state index is 12.9. The first-order valence-corrected chi connectivity index (χ1v) is 8.52. The largest absolute Gasteiger partial charge is 0.307 e. The second-order valence-electron chi connectivity index (χ2n) is 5.59. The molecule has 3 aromatic rings. The van der Waals surface area contributed by atoms with Crippen LogP contribution in [0.2, 0.25) is 0 Å². The standard InChI is InChI=1S/C15H19N7OS/c1-5-9(2)22-12(6-7-17-22)18-14(23)13-10(3)11(4)24-15(13)21-8-16-19-20-21/h6-9H,5H2,1-4H3,(H,18,23)/t9-/m0/s1. The number of carbonyl (C=O) groups excluding carboxylic acids is 1. The molecule has 0 saturated heterocycles. The number of carbonyl (C=O) groups is 1. The van der Waals surface area contributed by atoms with Gasteiger partial charge in [-0.25, -0.2) is 4.68 Å². The van der Waals surface area contributed by atoms with Gasteiger partial charge in [-0.3, -0.25) is 4.79 Å². The van der Waals surface area contributed by atoms with Crippen LogP contribution < -0.4 is 5.32 Å². The summed E-state index contributed by atoms with van der Waals surface area (Å²) >= 11 is 1.49. The topological polar surface area (TPSA) is 90.5 Å². The molecule has 1 atom stereocenters. The predicted octanol–water partition coefficient (Wildman–Crippen LogP) is 2.76. The summed E-state index contributed by atoms with van der Waals surface area (Å²) in [5.74, 6) is 0.493. The monoisotopic (exact) mass is 345 g/mol. The van der Waals surface area contributed by atoms with Gasteiger partial charge in [0.25, 0.3) is 5.91 Å². The van der Waals surface area contributed by atoms with Crippen molar-refractivity contribution >= 4 is 23.1 Å². The third-order valence-corrected chi connectivity index (χ3v) is 5.27. The molecular weight excluding hydrogens is 326 g/mol. The van der Waals surface area contributed by atoms with Crippen molar-refractivity contribution in [2.45, 2.75) is 40.2 Å². The van der Waals surface area contributed by atoms with E-state index >= 15 is 0 Å². The normalized spacial score (nSPS) is 12.3. The minimum absolute atomic E-state index is 0.188. The van der Waals surface area contributed by atoms with Gasteiger partial charge in [0.2, 0.25) is 0 Å². The number of hydrogen-bond acceptors (Lipinski definition) is 6. The quantitative estimate of drug-likeness (QED) is 0.768. The number of hydrogen-bond donors (Lipinski definition) is 1. The van der Waals surface area contributed by atoms with Crippen molar-refractivity contribution in [1.82, 2.24) is 30.0 Å². The summed E-state index contributed by atoms with van der Waals surface area (Å²) in [4.78, 5) is 14.0. The Hall–Kier alpha value is -2.55. The van der Waals surface area contributed by atoms with Gasteiger partial charge in [-0.2, -0.15) is 9.78 Å². The zero-order valence-corrected chi connectivity index (χ0v) is 14.8. The highest BCUT2D eigenvalue weighted by atomic mass is 32.1. The minimum atomic E-state index is -0.188. The van der Waals surface area contributed by atoms with E-state index in [9.17, 15) is 4.79 Å². The van der Waals surface area contributed by atoms with Crippen LogP contribution in [0.3, 0.4) is 0 Å². The fraction of sp³-hybridized carbons (Fsp3) is 0.400. The SMILES string of the molecule is CC[C@H](C)n1nccc1NC(=O)c1c(-n2cnnn2)sc(C)c1C. The number of nitrogens with one attached hydrogen (secondary N) is 1. The zero-order valence-electron chi connectivity index (χ0n) is 14.0. The first kappa shape index (κ1) is 16.3. The summed E-state index contributed by atoms with van der Waals surface area (Å²) in [6.45, 7) is 8.06. The van der Waals surface area contributed by atoms with Crippen molar-refractivity contribution in [3.8, 4) is 5.00 Å². The molecule has 3 rings (SSSR count). The van der Waals surface area contributed by atoms with E-state index < -0.39 is 0 Å². The summed E-state index contributed by atoms with van der Waals surface area (Å²) in [6, 6.07) is 2.01. The van der Waals surface area contributed by atoms with Gasteiger partial charge < -0.3 is 5.32 Å². The molecule has 0 aromatic carbocycles. The summed E-state index contributed by atoms with van der Waals surface area (Å²) in [5.41, 5.74) is 1.51. The smallest absolute Gasteiger partial charge is 0.260 e. The lowest BCUT2D eigenvalue weighted by molar-refractivity contribution is 0.102. The van der Waals surface area contributed by atoms with Gasteiger partial charge in [0.05, 0.1) is 17.8 Å². The van der Waals surface area contributed by atoms with Gasteiger partial charge in [-0.1, -0.05) is 6.92 Å². The van der Waals surface area contributed by atoms with E-state index in [2.05, 4.69) is 39.8 Å². The van der Waals surface area contributed by atoms with Crippen LogP contribution in [-0.2, 0) is 0 Å². The molecular formula is C15H19N7OS. The van der Waals surface area contributed by atoms with E-state index in [0.29, 0.717) is 16.4 Å². The summed E-state index contributed by atoms with van der Waals surface area (Å²) < 4.78 is 3.34. The molecule has 24 heavy (non-hydrogen) atoms. The van der Waals surface area contributed by atoms with Crippen molar-refractivity contribution in [3.63, 3.8) is 0 Å². The highest BCUT2D eigenvalue weighted by molar-refractivity contribution is 7.15. The average molecular weight is 345 g/mol. The van der Waals surface area contributed by atoms with Gasteiger partial charge in [-0.15, -0.1) is 16.4 Å². The molecule has 1 amide bonds. The van der Waals surface area contributed by atoms with Crippen molar-refractivity contribution in [3.05, 3.63) is 34.6 Å². The van der Waals surface area contributed by atoms with Gasteiger partial charge in [0.15, 0.2) is 0 Å². The summed E-state index contributed by atoms with van der Waals surface area (Å²) in [5, 5.41) is 19.2. The number of anilines is 1. The number of aromatic nitrogens is 6. The van der Waals surface area contributed by atoms with Gasteiger partial charge in [0.1, 0.15) is 17.1 Å². The highest BCUT2D eigenvalue weighted by Gasteiger charge is 2.23. The first-order valence-electron chi connectivity index (χ1n) is 7.71. The number of rotatable bonds is 5. The molecule has 0 fully saturated rings. The lowest BCUT2D eigenvalue weighted by Crippen LogP contribution is -2.19. The van der Waals surface area contributed by atoms with Crippen LogP contribution in [0.15, 0.2) is 18.6 Å². The molecule has 0 unspecified atom stereocenters. The second kappa shape index (κ2) is 6.52. The molecule has 126 valence electrons. The minimum Gasteiger partial charge on any atom is -0.307 e. The van der Waals surface area contributed by atoms with E-state index in [-0.39, 0.29) is 11.9 Å². The van der Waals surface area contributed by atoms with E-state index in [0.717, 1.165) is 16.9 Å². The Labute approximate surface area is 143 Å². The van der Waals surface area contributed by atoms with Crippen molar-refractivity contribution in [1.29, 1.82) is 0 Å². The Morgan fingerprint density at radius 1 is 1.42 bits per heavy atom. The Morgan fingerprint density at radius 3 is 2.88 bits per heavy atom. The molecule has 0 saturated carbocycles. The Morgan fingerprint density at radius 2 is 2.21 bits per heavy atom.